The lowest BCUT2D eigenvalue weighted by Crippen LogP contribution is -2.42. The molecule has 7 nitrogen and oxygen atoms in total. The zero-order valence-electron chi connectivity index (χ0n) is 19.7. The Morgan fingerprint density at radius 3 is 2.82 bits per heavy atom. The predicted octanol–water partition coefficient (Wildman–Crippen LogP) is 4.66. The van der Waals surface area contributed by atoms with E-state index in [1.165, 1.54) is 32.1 Å². The van der Waals surface area contributed by atoms with Crippen LogP contribution in [0, 0.1) is 17.8 Å². The molecule has 4 aromatic heterocycles. The van der Waals surface area contributed by atoms with Crippen LogP contribution in [0.2, 0.25) is 0 Å². The van der Waals surface area contributed by atoms with E-state index in [9.17, 15) is 4.79 Å². The molecule has 0 N–H and O–H groups in total. The monoisotopic (exact) mass is 454 g/mol. The number of rotatable bonds is 4. The fraction of sp³-hybridized carbons (Fsp3) is 0.481. The first-order valence-corrected chi connectivity index (χ1v) is 12.7. The number of amides is 1. The molecule has 0 bridgehead atoms. The van der Waals surface area contributed by atoms with Gasteiger partial charge in [0.2, 0.25) is 0 Å². The number of likely N-dealkylation sites (tertiary alicyclic amines) is 1. The third-order valence-electron chi connectivity index (χ3n) is 8.31. The predicted molar refractivity (Wildman–Crippen MR) is 131 cm³/mol. The Kier molecular flexibility index (Phi) is 4.54. The molecule has 0 radical (unpaired) electrons. The molecule has 2 saturated carbocycles. The summed E-state index contributed by atoms with van der Waals surface area (Å²) in [4.78, 5) is 29.7. The molecule has 174 valence electrons. The number of aryl methyl sites for hydroxylation is 1. The van der Waals surface area contributed by atoms with Crippen LogP contribution >= 0.6 is 0 Å². The summed E-state index contributed by atoms with van der Waals surface area (Å²) in [6.07, 6.45) is 11.2. The molecule has 0 spiro atoms. The fourth-order valence-electron chi connectivity index (χ4n) is 6.23. The second-order valence-electron chi connectivity index (χ2n) is 10.6. The summed E-state index contributed by atoms with van der Waals surface area (Å²) < 4.78 is 4.36. The van der Waals surface area contributed by atoms with Crippen molar-refractivity contribution < 1.29 is 4.79 Å². The van der Waals surface area contributed by atoms with Crippen LogP contribution in [-0.4, -0.2) is 48.0 Å². The van der Waals surface area contributed by atoms with Crippen molar-refractivity contribution >= 4 is 28.1 Å². The Hall–Kier alpha value is -3.22. The lowest BCUT2D eigenvalue weighted by molar-refractivity contribution is 0.0627. The van der Waals surface area contributed by atoms with Gasteiger partial charge in [0, 0.05) is 44.5 Å². The van der Waals surface area contributed by atoms with E-state index in [1.807, 2.05) is 34.8 Å². The number of piperidine rings is 1. The van der Waals surface area contributed by atoms with Gasteiger partial charge in [0.15, 0.2) is 11.5 Å². The Labute approximate surface area is 198 Å². The van der Waals surface area contributed by atoms with E-state index in [0.29, 0.717) is 11.5 Å². The maximum atomic E-state index is 13.3. The molecule has 2 atom stereocenters. The second kappa shape index (κ2) is 7.65. The van der Waals surface area contributed by atoms with Gasteiger partial charge in [-0.25, -0.2) is 15.0 Å². The van der Waals surface area contributed by atoms with Gasteiger partial charge in [-0.15, -0.1) is 0 Å². The molecule has 3 aliphatic rings. The van der Waals surface area contributed by atoms with Crippen LogP contribution in [0.5, 0.6) is 0 Å². The minimum absolute atomic E-state index is 0.0963. The van der Waals surface area contributed by atoms with Gasteiger partial charge in [-0.2, -0.15) is 0 Å². The number of carbonyl (C=O) groups is 1. The van der Waals surface area contributed by atoms with E-state index in [4.69, 9.17) is 9.97 Å². The number of aromatic nitrogens is 5. The third-order valence-corrected chi connectivity index (χ3v) is 8.31. The molecule has 5 heterocycles. The van der Waals surface area contributed by atoms with Crippen LogP contribution in [0.4, 0.5) is 0 Å². The number of hydrogen-bond donors (Lipinski definition) is 0. The van der Waals surface area contributed by atoms with Gasteiger partial charge in [-0.05, 0) is 67.7 Å². The first kappa shape index (κ1) is 20.2. The molecule has 1 saturated heterocycles. The van der Waals surface area contributed by atoms with E-state index in [2.05, 4.69) is 21.7 Å². The molecule has 7 rings (SSSR count). The molecule has 7 heteroatoms. The Bertz CT molecular complexity index is 1410. The topological polar surface area (TPSA) is 68.8 Å². The SMILES string of the molecule is Cn1c(-c2cc3cccnc3n2CC2CC2)nc2cc(C(=O)N3CCC4CCCC4C3)cnc21. The highest BCUT2D eigenvalue weighted by atomic mass is 16.2. The average molecular weight is 455 g/mol. The maximum Gasteiger partial charge on any atom is 0.255 e. The lowest BCUT2D eigenvalue weighted by Gasteiger charge is -2.35. The number of nitrogens with zero attached hydrogens (tertiary/aromatic N) is 6. The number of fused-ring (bicyclic) bond motifs is 3. The van der Waals surface area contributed by atoms with E-state index in [1.54, 1.807) is 6.20 Å². The number of carbonyl (C=O) groups excluding carboxylic acids is 1. The first-order valence-electron chi connectivity index (χ1n) is 12.7. The van der Waals surface area contributed by atoms with Gasteiger partial charge in [0.25, 0.3) is 5.91 Å². The largest absolute Gasteiger partial charge is 0.338 e. The highest BCUT2D eigenvalue weighted by Gasteiger charge is 2.35. The summed E-state index contributed by atoms with van der Waals surface area (Å²) in [5.74, 6) is 3.19. The molecular weight excluding hydrogens is 424 g/mol. The van der Waals surface area contributed by atoms with Crippen molar-refractivity contribution in [2.24, 2.45) is 24.8 Å². The van der Waals surface area contributed by atoms with Crippen molar-refractivity contribution in [2.75, 3.05) is 13.1 Å². The fourth-order valence-corrected chi connectivity index (χ4v) is 6.23. The first-order chi connectivity index (χ1) is 16.7. The molecule has 2 unspecified atom stereocenters. The van der Waals surface area contributed by atoms with Crippen molar-refractivity contribution in [2.45, 2.75) is 45.1 Å². The van der Waals surface area contributed by atoms with E-state index in [0.717, 1.165) is 71.6 Å². The van der Waals surface area contributed by atoms with Gasteiger partial charge in [0.1, 0.15) is 11.2 Å². The summed E-state index contributed by atoms with van der Waals surface area (Å²) in [5.41, 5.74) is 4.30. The van der Waals surface area contributed by atoms with Gasteiger partial charge >= 0.3 is 0 Å². The van der Waals surface area contributed by atoms with Crippen molar-refractivity contribution in [1.29, 1.82) is 0 Å². The summed E-state index contributed by atoms with van der Waals surface area (Å²) in [7, 11) is 2.01. The van der Waals surface area contributed by atoms with Crippen LogP contribution in [-0.2, 0) is 13.6 Å². The van der Waals surface area contributed by atoms with Crippen LogP contribution in [0.1, 0.15) is 48.9 Å². The number of hydrogen-bond acceptors (Lipinski definition) is 4. The molecule has 1 amide bonds. The molecule has 1 aliphatic heterocycles. The van der Waals surface area contributed by atoms with Gasteiger partial charge in [-0.1, -0.05) is 12.8 Å². The van der Waals surface area contributed by atoms with Crippen molar-refractivity contribution in [3.63, 3.8) is 0 Å². The molecule has 34 heavy (non-hydrogen) atoms. The average Bonchev–Trinajstić information content (AvgIpc) is 3.29. The van der Waals surface area contributed by atoms with Crippen LogP contribution < -0.4 is 0 Å². The summed E-state index contributed by atoms with van der Waals surface area (Å²) >= 11 is 0. The molecule has 3 fully saturated rings. The molecule has 0 aromatic carbocycles. The lowest BCUT2D eigenvalue weighted by atomic mass is 9.88. The minimum atomic E-state index is 0.0963. The minimum Gasteiger partial charge on any atom is -0.338 e. The van der Waals surface area contributed by atoms with Gasteiger partial charge < -0.3 is 14.0 Å². The highest BCUT2D eigenvalue weighted by Crippen LogP contribution is 2.38. The highest BCUT2D eigenvalue weighted by molar-refractivity contribution is 5.97. The van der Waals surface area contributed by atoms with E-state index in [-0.39, 0.29) is 5.91 Å². The van der Waals surface area contributed by atoms with E-state index < -0.39 is 0 Å². The molecular formula is C27H30N6O. The van der Waals surface area contributed by atoms with E-state index >= 15 is 0 Å². The van der Waals surface area contributed by atoms with Crippen molar-refractivity contribution in [3.8, 4) is 11.5 Å². The Morgan fingerprint density at radius 2 is 1.94 bits per heavy atom. The standard InChI is InChI=1S/C27H30N6O/c1-31-25-22(12-21(14-29-25)27(34)32-11-9-18-4-2-5-20(18)16-32)30-26(31)23-13-19-6-3-10-28-24(19)33(23)15-17-7-8-17/h3,6,10,12-14,17-18,20H,2,4-5,7-9,11,15-16H2,1H3. The molecule has 2 aliphatic carbocycles. The van der Waals surface area contributed by atoms with Gasteiger partial charge in [0.05, 0.1) is 11.3 Å². The summed E-state index contributed by atoms with van der Waals surface area (Å²) in [5, 5.41) is 1.13. The zero-order valence-corrected chi connectivity index (χ0v) is 19.7. The number of imidazole rings is 1. The molecule has 4 aromatic rings. The quantitative estimate of drug-likeness (QED) is 0.450. The van der Waals surface area contributed by atoms with Crippen LogP contribution in [0.3, 0.4) is 0 Å². The summed E-state index contributed by atoms with van der Waals surface area (Å²) in [6.45, 7) is 2.72. The third kappa shape index (κ3) is 3.24. The van der Waals surface area contributed by atoms with Crippen molar-refractivity contribution in [1.82, 2.24) is 29.0 Å². The van der Waals surface area contributed by atoms with Crippen LogP contribution in [0.15, 0.2) is 36.7 Å². The van der Waals surface area contributed by atoms with Crippen molar-refractivity contribution in [3.05, 3.63) is 42.2 Å². The summed E-state index contributed by atoms with van der Waals surface area (Å²) in [6, 6.07) is 8.21. The van der Waals surface area contributed by atoms with Gasteiger partial charge in [-0.3, -0.25) is 4.79 Å². The number of pyridine rings is 2. The maximum absolute atomic E-state index is 13.3. The smallest absolute Gasteiger partial charge is 0.255 e. The Morgan fingerprint density at radius 1 is 1.06 bits per heavy atom. The normalized spacial score (nSPS) is 22.6. The zero-order chi connectivity index (χ0) is 22.8. The Balaban J connectivity index is 1.25. The second-order valence-corrected chi connectivity index (χ2v) is 10.6. The van der Waals surface area contributed by atoms with Crippen LogP contribution in [0.25, 0.3) is 33.7 Å².